The zero-order valence-corrected chi connectivity index (χ0v) is 19.7. The minimum atomic E-state index is -0.467. The van der Waals surface area contributed by atoms with Gasteiger partial charge in [0, 0.05) is 54.4 Å². The second kappa shape index (κ2) is 11.3. The zero-order chi connectivity index (χ0) is 23.1. The lowest BCUT2D eigenvalue weighted by Crippen LogP contribution is -2.39. The number of fused-ring (bicyclic) bond motifs is 1. The Hall–Kier alpha value is -2.69. The van der Waals surface area contributed by atoms with Gasteiger partial charge in [-0.25, -0.2) is 0 Å². The van der Waals surface area contributed by atoms with Gasteiger partial charge in [-0.3, -0.25) is 4.79 Å². The number of aliphatic hydroxyl groups is 1. The van der Waals surface area contributed by atoms with Gasteiger partial charge < -0.3 is 14.6 Å². The molecule has 0 fully saturated rings. The van der Waals surface area contributed by atoms with E-state index in [4.69, 9.17) is 0 Å². The van der Waals surface area contributed by atoms with Crippen molar-refractivity contribution in [2.45, 2.75) is 40.3 Å². The van der Waals surface area contributed by atoms with Crippen LogP contribution in [0, 0.1) is 11.8 Å². The third kappa shape index (κ3) is 6.65. The maximum Gasteiger partial charge on any atom is 0.185 e. The van der Waals surface area contributed by atoms with E-state index < -0.39 is 6.10 Å². The van der Waals surface area contributed by atoms with E-state index in [1.54, 1.807) is 6.08 Å². The highest BCUT2D eigenvalue weighted by molar-refractivity contribution is 6.07. The predicted octanol–water partition coefficient (Wildman–Crippen LogP) is 5.51. The first-order chi connectivity index (χ1) is 15.3. The highest BCUT2D eigenvalue weighted by atomic mass is 16.3. The van der Waals surface area contributed by atoms with Crippen LogP contribution in [-0.2, 0) is 6.54 Å². The molecule has 0 spiro atoms. The van der Waals surface area contributed by atoms with Gasteiger partial charge in [0.15, 0.2) is 5.78 Å². The number of hydrogen-bond donors (Lipinski definition) is 1. The summed E-state index contributed by atoms with van der Waals surface area (Å²) in [6, 6.07) is 17.4. The van der Waals surface area contributed by atoms with Crippen LogP contribution >= 0.6 is 0 Å². The van der Waals surface area contributed by atoms with Crippen LogP contribution in [-0.4, -0.2) is 46.1 Å². The molecule has 0 aliphatic carbocycles. The molecular formula is C28H36N2O2. The Labute approximate surface area is 192 Å². The first kappa shape index (κ1) is 24.0. The number of aliphatic hydroxyl groups excluding tert-OH is 1. The van der Waals surface area contributed by atoms with Crippen molar-refractivity contribution in [3.05, 3.63) is 78.0 Å². The molecule has 0 amide bonds. The van der Waals surface area contributed by atoms with Gasteiger partial charge in [0.1, 0.15) is 0 Å². The summed E-state index contributed by atoms with van der Waals surface area (Å²) >= 11 is 0. The maximum atomic E-state index is 12.5. The quantitative estimate of drug-likeness (QED) is 0.321. The topological polar surface area (TPSA) is 45.5 Å². The van der Waals surface area contributed by atoms with Crippen molar-refractivity contribution in [1.82, 2.24) is 9.47 Å². The van der Waals surface area contributed by atoms with Crippen molar-refractivity contribution < 1.29 is 9.90 Å². The Morgan fingerprint density at radius 1 is 0.938 bits per heavy atom. The Bertz CT molecular complexity index is 1020. The van der Waals surface area contributed by atoms with Crippen LogP contribution in [0.15, 0.2) is 66.9 Å². The summed E-state index contributed by atoms with van der Waals surface area (Å²) in [5, 5.41) is 12.0. The van der Waals surface area contributed by atoms with Gasteiger partial charge in [-0.15, -0.1) is 0 Å². The first-order valence-corrected chi connectivity index (χ1v) is 11.6. The Morgan fingerprint density at radius 3 is 2.22 bits per heavy atom. The number of ketones is 1. The second-order valence-electron chi connectivity index (χ2n) is 9.48. The molecule has 0 bridgehead atoms. The van der Waals surface area contributed by atoms with Crippen LogP contribution in [0.1, 0.15) is 43.6 Å². The number of carbonyl (C=O) groups is 1. The molecule has 0 aliphatic heterocycles. The molecule has 0 saturated carbocycles. The van der Waals surface area contributed by atoms with Crippen molar-refractivity contribution in [2.24, 2.45) is 11.8 Å². The molecule has 4 heteroatoms. The van der Waals surface area contributed by atoms with Gasteiger partial charge in [0.05, 0.1) is 6.10 Å². The van der Waals surface area contributed by atoms with E-state index in [1.165, 1.54) is 0 Å². The molecule has 0 radical (unpaired) electrons. The van der Waals surface area contributed by atoms with Crippen LogP contribution in [0.4, 0.5) is 0 Å². The van der Waals surface area contributed by atoms with Gasteiger partial charge in [-0.2, -0.15) is 0 Å². The van der Waals surface area contributed by atoms with E-state index in [0.717, 1.165) is 29.6 Å². The summed E-state index contributed by atoms with van der Waals surface area (Å²) < 4.78 is 2.11. The number of carbonyl (C=O) groups excluding carboxylic acids is 1. The first-order valence-electron chi connectivity index (χ1n) is 11.6. The van der Waals surface area contributed by atoms with Gasteiger partial charge in [-0.1, -0.05) is 76.2 Å². The van der Waals surface area contributed by atoms with Crippen LogP contribution in [0.3, 0.4) is 0 Å². The van der Waals surface area contributed by atoms with Crippen LogP contribution < -0.4 is 0 Å². The number of aromatic nitrogens is 1. The minimum absolute atomic E-state index is 0.0134. The van der Waals surface area contributed by atoms with E-state index in [1.807, 2.05) is 54.7 Å². The Kier molecular flexibility index (Phi) is 8.43. The van der Waals surface area contributed by atoms with Crippen LogP contribution in [0.2, 0.25) is 0 Å². The summed E-state index contributed by atoms with van der Waals surface area (Å²) in [6.45, 7) is 12.0. The molecule has 0 saturated heterocycles. The molecule has 32 heavy (non-hydrogen) atoms. The summed E-state index contributed by atoms with van der Waals surface area (Å²) in [6.07, 6.45) is 5.08. The lowest BCUT2D eigenvalue weighted by molar-refractivity contribution is 0.0869. The molecule has 3 aromatic rings. The van der Waals surface area contributed by atoms with Crippen LogP contribution in [0.5, 0.6) is 0 Å². The Morgan fingerprint density at radius 2 is 1.56 bits per heavy atom. The predicted molar refractivity (Wildman–Crippen MR) is 134 cm³/mol. The van der Waals surface area contributed by atoms with Gasteiger partial charge in [-0.05, 0) is 30.1 Å². The van der Waals surface area contributed by atoms with E-state index in [0.29, 0.717) is 30.5 Å². The molecular weight excluding hydrogens is 396 g/mol. The molecule has 4 nitrogen and oxygen atoms in total. The SMILES string of the molecule is CC(C)CN(CC(C)C)CC(O)Cn1cc(/C=C/C(=O)c2ccccc2)c2ccccc21. The highest BCUT2D eigenvalue weighted by Crippen LogP contribution is 2.23. The third-order valence-electron chi connectivity index (χ3n) is 5.42. The van der Waals surface area contributed by atoms with Gasteiger partial charge in [0.2, 0.25) is 0 Å². The fraction of sp³-hybridized carbons (Fsp3) is 0.393. The zero-order valence-electron chi connectivity index (χ0n) is 19.7. The molecule has 1 N–H and O–H groups in total. The van der Waals surface area contributed by atoms with Crippen molar-refractivity contribution in [3.63, 3.8) is 0 Å². The van der Waals surface area contributed by atoms with Crippen LogP contribution in [0.25, 0.3) is 17.0 Å². The second-order valence-corrected chi connectivity index (χ2v) is 9.48. The van der Waals surface area contributed by atoms with Gasteiger partial charge in [0.25, 0.3) is 0 Å². The number of allylic oxidation sites excluding steroid dienone is 1. The fourth-order valence-corrected chi connectivity index (χ4v) is 4.26. The number of benzene rings is 2. The summed E-state index contributed by atoms with van der Waals surface area (Å²) in [7, 11) is 0. The molecule has 1 atom stereocenters. The molecule has 0 aliphatic rings. The molecule has 1 aromatic heterocycles. The van der Waals surface area contributed by atoms with E-state index in [2.05, 4.69) is 49.3 Å². The fourth-order valence-electron chi connectivity index (χ4n) is 4.26. The van der Waals surface area contributed by atoms with Crippen molar-refractivity contribution in [1.29, 1.82) is 0 Å². The van der Waals surface area contributed by atoms with E-state index in [-0.39, 0.29) is 5.78 Å². The summed E-state index contributed by atoms with van der Waals surface area (Å²) in [5.74, 6) is 1.11. The van der Waals surface area contributed by atoms with Crippen molar-refractivity contribution in [2.75, 3.05) is 19.6 Å². The summed E-state index contributed by atoms with van der Waals surface area (Å²) in [4.78, 5) is 14.9. The lowest BCUT2D eigenvalue weighted by Gasteiger charge is -2.28. The monoisotopic (exact) mass is 432 g/mol. The lowest BCUT2D eigenvalue weighted by atomic mass is 10.1. The standard InChI is InChI=1S/C28H36N2O2/c1-21(2)16-29(17-22(3)4)19-25(31)20-30-18-24(26-12-8-9-13-27(26)30)14-15-28(32)23-10-6-5-7-11-23/h5-15,18,21-22,25,31H,16-17,19-20H2,1-4H3/b15-14+. The third-order valence-corrected chi connectivity index (χ3v) is 5.42. The van der Waals surface area contributed by atoms with E-state index in [9.17, 15) is 9.90 Å². The van der Waals surface area contributed by atoms with Crippen molar-refractivity contribution in [3.8, 4) is 0 Å². The van der Waals surface area contributed by atoms with E-state index >= 15 is 0 Å². The molecule has 1 unspecified atom stereocenters. The largest absolute Gasteiger partial charge is 0.390 e. The number of rotatable bonds is 11. The molecule has 1 heterocycles. The molecule has 3 rings (SSSR count). The normalized spacial score (nSPS) is 13.1. The molecule has 2 aromatic carbocycles. The maximum absolute atomic E-state index is 12.5. The van der Waals surface area contributed by atoms with Gasteiger partial charge >= 0.3 is 0 Å². The van der Waals surface area contributed by atoms with Crippen molar-refractivity contribution >= 4 is 22.8 Å². The average molecular weight is 433 g/mol. The minimum Gasteiger partial charge on any atom is -0.390 e. The average Bonchev–Trinajstić information content (AvgIpc) is 3.09. The molecule has 170 valence electrons. The Balaban J connectivity index is 1.77. The smallest absolute Gasteiger partial charge is 0.185 e. The highest BCUT2D eigenvalue weighted by Gasteiger charge is 2.16. The number of nitrogens with zero attached hydrogens (tertiary/aromatic N) is 2. The summed E-state index contributed by atoms with van der Waals surface area (Å²) in [5.41, 5.74) is 2.73. The number of para-hydroxylation sites is 1. The number of hydrogen-bond acceptors (Lipinski definition) is 3.